The third-order valence-electron chi connectivity index (χ3n) is 6.20. The minimum atomic E-state index is 0.239. The normalized spacial score (nSPS) is 21.8. The van der Waals surface area contributed by atoms with Gasteiger partial charge in [-0.3, -0.25) is 9.89 Å². The van der Waals surface area contributed by atoms with Crippen molar-refractivity contribution in [3.63, 3.8) is 0 Å². The molecule has 0 spiro atoms. The summed E-state index contributed by atoms with van der Waals surface area (Å²) in [7, 11) is 2.24. The molecule has 2 fully saturated rings. The van der Waals surface area contributed by atoms with Crippen molar-refractivity contribution in [2.45, 2.75) is 64.8 Å². The molecule has 0 aromatic carbocycles. The van der Waals surface area contributed by atoms with Crippen LogP contribution in [0, 0.1) is 5.92 Å². The van der Waals surface area contributed by atoms with Crippen LogP contribution >= 0.6 is 0 Å². The predicted octanol–water partition coefficient (Wildman–Crippen LogP) is 2.55. The summed E-state index contributed by atoms with van der Waals surface area (Å²) in [6, 6.07) is 0. The maximum atomic E-state index is 5.74. The van der Waals surface area contributed by atoms with Crippen LogP contribution in [-0.2, 0) is 4.74 Å². The number of nitrogens with zero attached hydrogens (tertiary/aromatic N) is 3. The summed E-state index contributed by atoms with van der Waals surface area (Å²) in [6.45, 7) is 15.6. The number of hydrogen-bond acceptors (Lipinski definition) is 4. The van der Waals surface area contributed by atoms with Gasteiger partial charge in [0.15, 0.2) is 5.96 Å². The van der Waals surface area contributed by atoms with Crippen LogP contribution in [0.2, 0.25) is 0 Å². The van der Waals surface area contributed by atoms with Crippen LogP contribution in [0.5, 0.6) is 0 Å². The largest absolute Gasteiger partial charge is 0.380 e. The third kappa shape index (κ3) is 7.88. The van der Waals surface area contributed by atoms with E-state index >= 15 is 0 Å². The monoisotopic (exact) mass is 395 g/mol. The Kier molecular flexibility index (Phi) is 10.6. The molecular weight excluding hydrogens is 350 g/mol. The molecule has 28 heavy (non-hydrogen) atoms. The van der Waals surface area contributed by atoms with E-state index in [0.717, 1.165) is 45.2 Å². The van der Waals surface area contributed by atoms with Gasteiger partial charge in [-0.25, -0.2) is 0 Å². The van der Waals surface area contributed by atoms with Crippen molar-refractivity contribution in [3.8, 4) is 0 Å². The number of likely N-dealkylation sites (tertiary alicyclic amines) is 2. The molecule has 2 N–H and O–H groups in total. The Balaban J connectivity index is 1.89. The Morgan fingerprint density at radius 3 is 2.39 bits per heavy atom. The number of guanidine groups is 1. The lowest BCUT2D eigenvalue weighted by atomic mass is 9.84. The zero-order valence-electron chi connectivity index (χ0n) is 18.9. The zero-order valence-corrected chi connectivity index (χ0v) is 18.9. The highest BCUT2D eigenvalue weighted by Gasteiger charge is 2.39. The minimum Gasteiger partial charge on any atom is -0.380 e. The molecular formula is C22H45N5O. The van der Waals surface area contributed by atoms with Gasteiger partial charge in [0.2, 0.25) is 0 Å². The molecule has 0 amide bonds. The molecule has 0 radical (unpaired) electrons. The number of ether oxygens (including phenoxy) is 1. The van der Waals surface area contributed by atoms with Crippen LogP contribution in [0.3, 0.4) is 0 Å². The van der Waals surface area contributed by atoms with E-state index in [1.165, 1.54) is 58.3 Å². The Labute approximate surface area is 173 Å². The van der Waals surface area contributed by atoms with Gasteiger partial charge in [-0.2, -0.15) is 0 Å². The number of nitrogens with one attached hydrogen (secondary N) is 2. The average Bonchev–Trinajstić information content (AvgIpc) is 2.70. The Bertz CT molecular complexity index is 440. The lowest BCUT2D eigenvalue weighted by Gasteiger charge is -2.49. The van der Waals surface area contributed by atoms with Crippen molar-refractivity contribution in [2.24, 2.45) is 10.9 Å². The highest BCUT2D eigenvalue weighted by atomic mass is 16.5. The third-order valence-corrected chi connectivity index (χ3v) is 6.20. The number of piperidine rings is 2. The maximum absolute atomic E-state index is 5.74. The van der Waals surface area contributed by atoms with Crippen LogP contribution < -0.4 is 10.6 Å². The average molecular weight is 396 g/mol. The van der Waals surface area contributed by atoms with Gasteiger partial charge in [-0.15, -0.1) is 0 Å². The van der Waals surface area contributed by atoms with Gasteiger partial charge in [0.1, 0.15) is 0 Å². The van der Waals surface area contributed by atoms with Crippen LogP contribution in [0.4, 0.5) is 0 Å². The molecule has 164 valence electrons. The summed E-state index contributed by atoms with van der Waals surface area (Å²) in [4.78, 5) is 10.3. The molecule has 0 saturated carbocycles. The summed E-state index contributed by atoms with van der Waals surface area (Å²) < 4.78 is 5.74. The number of hydrogen-bond donors (Lipinski definition) is 2. The summed E-state index contributed by atoms with van der Waals surface area (Å²) in [5, 5.41) is 6.88. The van der Waals surface area contributed by atoms with Gasteiger partial charge in [-0.05, 0) is 78.2 Å². The molecule has 2 aliphatic rings. The number of rotatable bonds is 10. The van der Waals surface area contributed by atoms with Gasteiger partial charge in [-0.1, -0.05) is 20.3 Å². The highest BCUT2D eigenvalue weighted by Crippen LogP contribution is 2.31. The molecule has 6 heteroatoms. The van der Waals surface area contributed by atoms with E-state index in [0.29, 0.717) is 5.92 Å². The van der Waals surface area contributed by atoms with Crippen molar-refractivity contribution >= 4 is 5.96 Å². The quantitative estimate of drug-likeness (QED) is 0.338. The van der Waals surface area contributed by atoms with Crippen molar-refractivity contribution < 1.29 is 4.74 Å². The van der Waals surface area contributed by atoms with E-state index < -0.39 is 0 Å². The van der Waals surface area contributed by atoms with Crippen molar-refractivity contribution in [1.82, 2.24) is 20.4 Å². The lowest BCUT2D eigenvalue weighted by Crippen LogP contribution is -2.58. The van der Waals surface area contributed by atoms with Crippen LogP contribution in [-0.4, -0.2) is 87.4 Å². The van der Waals surface area contributed by atoms with Gasteiger partial charge >= 0.3 is 0 Å². The van der Waals surface area contributed by atoms with E-state index in [1.54, 1.807) is 0 Å². The maximum Gasteiger partial charge on any atom is 0.191 e. The first kappa shape index (κ1) is 23.4. The fourth-order valence-corrected chi connectivity index (χ4v) is 4.21. The van der Waals surface area contributed by atoms with E-state index in [2.05, 4.69) is 48.3 Å². The van der Waals surface area contributed by atoms with Crippen molar-refractivity contribution in [3.05, 3.63) is 0 Å². The molecule has 0 aliphatic carbocycles. The standard InChI is InChI=1S/C22H45N5O/c1-5-23-21(24-12-18-28-17-9-20(2)3)25-19-22(10-15-26(4)16-11-22)27-13-7-6-8-14-27/h20H,5-19H2,1-4H3,(H2,23,24,25). The van der Waals surface area contributed by atoms with Gasteiger partial charge in [0, 0.05) is 25.2 Å². The summed E-state index contributed by atoms with van der Waals surface area (Å²) in [5.41, 5.74) is 0.239. The molecule has 2 saturated heterocycles. The fourth-order valence-electron chi connectivity index (χ4n) is 4.21. The van der Waals surface area contributed by atoms with Gasteiger partial charge in [0.05, 0.1) is 13.2 Å². The van der Waals surface area contributed by atoms with Gasteiger partial charge in [0.25, 0.3) is 0 Å². The zero-order chi connectivity index (χ0) is 20.2. The van der Waals surface area contributed by atoms with E-state index in [4.69, 9.17) is 9.73 Å². The van der Waals surface area contributed by atoms with Crippen molar-refractivity contribution in [2.75, 3.05) is 66.1 Å². The SMILES string of the molecule is CCNC(=NCC1(N2CCCCC2)CCN(C)CC1)NCCOCCC(C)C. The Morgan fingerprint density at radius 1 is 1.04 bits per heavy atom. The topological polar surface area (TPSA) is 52.1 Å². The molecule has 0 bridgehead atoms. The first-order valence-electron chi connectivity index (χ1n) is 11.6. The number of aliphatic imine (C=N–C) groups is 1. The minimum absolute atomic E-state index is 0.239. The highest BCUT2D eigenvalue weighted by molar-refractivity contribution is 5.79. The van der Waals surface area contributed by atoms with Crippen LogP contribution in [0.15, 0.2) is 4.99 Å². The molecule has 6 nitrogen and oxygen atoms in total. The second-order valence-corrected chi connectivity index (χ2v) is 8.99. The molecule has 2 heterocycles. The Hall–Kier alpha value is -0.850. The van der Waals surface area contributed by atoms with E-state index in [9.17, 15) is 0 Å². The Morgan fingerprint density at radius 2 is 1.75 bits per heavy atom. The first-order valence-corrected chi connectivity index (χ1v) is 11.6. The molecule has 0 aromatic rings. The van der Waals surface area contributed by atoms with E-state index in [-0.39, 0.29) is 5.54 Å². The second kappa shape index (κ2) is 12.7. The second-order valence-electron chi connectivity index (χ2n) is 8.99. The van der Waals surface area contributed by atoms with Crippen LogP contribution in [0.25, 0.3) is 0 Å². The lowest BCUT2D eigenvalue weighted by molar-refractivity contribution is 0.0208. The van der Waals surface area contributed by atoms with E-state index in [1.807, 2.05) is 0 Å². The fraction of sp³-hybridized carbons (Fsp3) is 0.955. The van der Waals surface area contributed by atoms with Gasteiger partial charge < -0.3 is 20.3 Å². The predicted molar refractivity (Wildman–Crippen MR) is 119 cm³/mol. The molecule has 2 aliphatic heterocycles. The van der Waals surface area contributed by atoms with Crippen LogP contribution in [0.1, 0.15) is 59.3 Å². The summed E-state index contributed by atoms with van der Waals surface area (Å²) >= 11 is 0. The molecule has 2 rings (SSSR count). The molecule has 0 aromatic heterocycles. The summed E-state index contributed by atoms with van der Waals surface area (Å²) in [6.07, 6.45) is 7.65. The smallest absolute Gasteiger partial charge is 0.191 e. The summed E-state index contributed by atoms with van der Waals surface area (Å²) in [5.74, 6) is 1.64. The molecule has 0 atom stereocenters. The molecule has 0 unspecified atom stereocenters. The first-order chi connectivity index (χ1) is 13.6. The van der Waals surface area contributed by atoms with Crippen molar-refractivity contribution in [1.29, 1.82) is 0 Å².